The van der Waals surface area contributed by atoms with Crippen molar-refractivity contribution in [2.75, 3.05) is 0 Å². The molecule has 0 aromatic heterocycles. The van der Waals surface area contributed by atoms with E-state index in [2.05, 4.69) is 43.0 Å². The van der Waals surface area contributed by atoms with Gasteiger partial charge in [-0.05, 0) is 78.1 Å². The van der Waals surface area contributed by atoms with Crippen LogP contribution in [-0.4, -0.2) is 0 Å². The molecule has 0 aliphatic carbocycles. The highest BCUT2D eigenvalue weighted by molar-refractivity contribution is 5.84. The fraction of sp³-hybridized carbons (Fsp3) is 0.226. The molecule has 4 rings (SSSR count). The highest BCUT2D eigenvalue weighted by Crippen LogP contribution is 2.22. The molecule has 4 aromatic rings. The van der Waals surface area contributed by atoms with Gasteiger partial charge in [-0.25, -0.2) is 17.6 Å². The van der Waals surface area contributed by atoms with Crippen molar-refractivity contribution in [3.05, 3.63) is 118 Å². The minimum atomic E-state index is -0.933. The van der Waals surface area contributed by atoms with Crippen LogP contribution in [-0.2, 0) is 19.3 Å². The minimum absolute atomic E-state index is 0.128. The predicted octanol–water partition coefficient (Wildman–Crippen LogP) is 8.31. The van der Waals surface area contributed by atoms with Crippen molar-refractivity contribution in [2.24, 2.45) is 0 Å². The normalized spacial score (nSPS) is 10.9. The fourth-order valence-electron chi connectivity index (χ4n) is 4.11. The number of halogens is 4. The van der Waals surface area contributed by atoms with Gasteiger partial charge in [-0.2, -0.15) is 0 Å². The standard InChI is InChI=1S/C31H26F4/c1-2-3-4-5-21-6-8-22(9-7-21)10-11-24-19-29(33)27(30(34)20-24)16-13-23-12-15-26-25(18-23)14-17-28(32)31(26)35/h6-9,12,14-15,17-20H,2-5,10-11H2,1H3. The van der Waals surface area contributed by atoms with Crippen molar-refractivity contribution in [1.82, 2.24) is 0 Å². The van der Waals surface area contributed by atoms with E-state index in [4.69, 9.17) is 0 Å². The zero-order valence-electron chi connectivity index (χ0n) is 19.6. The maximum absolute atomic E-state index is 14.7. The Morgan fingerprint density at radius 3 is 1.94 bits per heavy atom. The SMILES string of the molecule is CCCCCc1ccc(CCc2cc(F)c(C#Cc3ccc4c(F)c(F)ccc4c3)c(F)c2)cc1. The van der Waals surface area contributed by atoms with E-state index in [1.807, 2.05) is 0 Å². The molecule has 0 saturated carbocycles. The number of unbranched alkanes of at least 4 members (excludes halogenated alkanes) is 2. The van der Waals surface area contributed by atoms with Crippen LogP contribution in [0.2, 0.25) is 0 Å². The Bertz CT molecular complexity index is 1370. The molecule has 0 spiro atoms. The number of rotatable bonds is 7. The molecule has 0 unspecified atom stereocenters. The lowest BCUT2D eigenvalue weighted by Crippen LogP contribution is -1.98. The van der Waals surface area contributed by atoms with Gasteiger partial charge in [-0.1, -0.05) is 68.0 Å². The summed E-state index contributed by atoms with van der Waals surface area (Å²) in [5, 5.41) is 0.587. The molecule has 0 aliphatic heterocycles. The summed E-state index contributed by atoms with van der Waals surface area (Å²) in [6.07, 6.45) is 5.88. The first-order valence-corrected chi connectivity index (χ1v) is 11.9. The average molecular weight is 475 g/mol. The topological polar surface area (TPSA) is 0 Å². The molecule has 0 N–H and O–H groups in total. The van der Waals surface area contributed by atoms with Crippen LogP contribution in [0.4, 0.5) is 17.6 Å². The summed E-state index contributed by atoms with van der Waals surface area (Å²) in [6, 6.07) is 18.0. The molecule has 0 amide bonds. The second kappa shape index (κ2) is 11.2. The van der Waals surface area contributed by atoms with E-state index in [-0.39, 0.29) is 10.9 Å². The van der Waals surface area contributed by atoms with Gasteiger partial charge in [0.15, 0.2) is 11.6 Å². The maximum Gasteiger partial charge on any atom is 0.166 e. The Kier molecular flexibility index (Phi) is 7.87. The smallest absolute Gasteiger partial charge is 0.166 e. The zero-order valence-corrected chi connectivity index (χ0v) is 19.6. The minimum Gasteiger partial charge on any atom is -0.206 e. The average Bonchev–Trinajstić information content (AvgIpc) is 2.85. The molecule has 0 aliphatic rings. The van der Waals surface area contributed by atoms with E-state index in [1.165, 1.54) is 55.2 Å². The monoisotopic (exact) mass is 474 g/mol. The van der Waals surface area contributed by atoms with Crippen molar-refractivity contribution in [3.63, 3.8) is 0 Å². The summed E-state index contributed by atoms with van der Waals surface area (Å²) >= 11 is 0. The lowest BCUT2D eigenvalue weighted by molar-refractivity contribution is 0.517. The lowest BCUT2D eigenvalue weighted by atomic mass is 10.00. The summed E-state index contributed by atoms with van der Waals surface area (Å²) in [6.45, 7) is 2.19. The van der Waals surface area contributed by atoms with E-state index in [1.54, 1.807) is 6.07 Å². The van der Waals surface area contributed by atoms with Crippen molar-refractivity contribution in [2.45, 2.75) is 45.4 Å². The van der Waals surface area contributed by atoms with Crippen LogP contribution in [0.3, 0.4) is 0 Å². The summed E-state index contributed by atoms with van der Waals surface area (Å²) in [4.78, 5) is 0. The fourth-order valence-corrected chi connectivity index (χ4v) is 4.11. The number of aryl methyl sites for hydroxylation is 3. The van der Waals surface area contributed by atoms with Crippen molar-refractivity contribution in [1.29, 1.82) is 0 Å². The van der Waals surface area contributed by atoms with Gasteiger partial charge < -0.3 is 0 Å². The number of hydrogen-bond acceptors (Lipinski definition) is 0. The molecule has 4 heteroatoms. The van der Waals surface area contributed by atoms with Gasteiger partial charge >= 0.3 is 0 Å². The molecular weight excluding hydrogens is 448 g/mol. The third kappa shape index (κ3) is 6.11. The van der Waals surface area contributed by atoms with Crippen LogP contribution in [0, 0.1) is 35.1 Å². The van der Waals surface area contributed by atoms with Crippen LogP contribution in [0.5, 0.6) is 0 Å². The van der Waals surface area contributed by atoms with Crippen LogP contribution in [0.1, 0.15) is 54.0 Å². The Labute approximate surface area is 203 Å². The zero-order chi connectivity index (χ0) is 24.8. The molecule has 0 bridgehead atoms. The first-order valence-electron chi connectivity index (χ1n) is 11.9. The summed E-state index contributed by atoms with van der Waals surface area (Å²) in [7, 11) is 0. The second-order valence-electron chi connectivity index (χ2n) is 8.76. The van der Waals surface area contributed by atoms with Gasteiger partial charge in [0.05, 0.1) is 5.56 Å². The Hall–Kier alpha value is -3.58. The van der Waals surface area contributed by atoms with Crippen LogP contribution in [0.25, 0.3) is 10.8 Å². The molecule has 0 fully saturated rings. The Morgan fingerprint density at radius 2 is 1.26 bits per heavy atom. The molecule has 0 nitrogen and oxygen atoms in total. The van der Waals surface area contributed by atoms with E-state index >= 15 is 0 Å². The molecule has 0 saturated heterocycles. The van der Waals surface area contributed by atoms with E-state index < -0.39 is 23.3 Å². The van der Waals surface area contributed by atoms with Crippen LogP contribution < -0.4 is 0 Å². The Balaban J connectivity index is 1.44. The van der Waals surface area contributed by atoms with Crippen molar-refractivity contribution < 1.29 is 17.6 Å². The second-order valence-corrected chi connectivity index (χ2v) is 8.76. The first-order chi connectivity index (χ1) is 16.9. The van der Waals surface area contributed by atoms with Gasteiger partial charge in [0.1, 0.15) is 11.6 Å². The quantitative estimate of drug-likeness (QED) is 0.144. The largest absolute Gasteiger partial charge is 0.206 e. The third-order valence-electron chi connectivity index (χ3n) is 6.13. The van der Waals surface area contributed by atoms with Gasteiger partial charge in [0, 0.05) is 10.9 Å². The van der Waals surface area contributed by atoms with E-state index in [0.29, 0.717) is 29.4 Å². The molecule has 178 valence electrons. The number of hydrogen-bond donors (Lipinski definition) is 0. The van der Waals surface area contributed by atoms with E-state index in [9.17, 15) is 17.6 Å². The van der Waals surface area contributed by atoms with Crippen LogP contribution in [0.15, 0.2) is 66.7 Å². The lowest BCUT2D eigenvalue weighted by Gasteiger charge is -2.07. The van der Waals surface area contributed by atoms with Gasteiger partial charge in [-0.15, -0.1) is 0 Å². The molecule has 4 aromatic carbocycles. The number of benzene rings is 4. The van der Waals surface area contributed by atoms with Gasteiger partial charge in [-0.3, -0.25) is 0 Å². The Morgan fingerprint density at radius 1 is 0.600 bits per heavy atom. The van der Waals surface area contributed by atoms with Crippen molar-refractivity contribution in [3.8, 4) is 11.8 Å². The van der Waals surface area contributed by atoms with Gasteiger partial charge in [0.2, 0.25) is 0 Å². The molecule has 0 atom stereocenters. The first kappa shape index (κ1) is 24.5. The summed E-state index contributed by atoms with van der Waals surface area (Å²) < 4.78 is 56.5. The molecular formula is C31H26F4. The van der Waals surface area contributed by atoms with Crippen LogP contribution >= 0.6 is 0 Å². The van der Waals surface area contributed by atoms with Gasteiger partial charge in [0.25, 0.3) is 0 Å². The highest BCUT2D eigenvalue weighted by atomic mass is 19.2. The predicted molar refractivity (Wildman–Crippen MR) is 133 cm³/mol. The van der Waals surface area contributed by atoms with E-state index in [0.717, 1.165) is 18.1 Å². The maximum atomic E-state index is 14.7. The number of fused-ring (bicyclic) bond motifs is 1. The molecule has 0 heterocycles. The summed E-state index contributed by atoms with van der Waals surface area (Å²) in [5.74, 6) is 1.98. The molecule has 35 heavy (non-hydrogen) atoms. The van der Waals surface area contributed by atoms with Crippen molar-refractivity contribution >= 4 is 10.8 Å². The summed E-state index contributed by atoms with van der Waals surface area (Å²) in [5.41, 5.74) is 3.15. The third-order valence-corrected chi connectivity index (χ3v) is 6.13. The molecule has 0 radical (unpaired) electrons. The highest BCUT2D eigenvalue weighted by Gasteiger charge is 2.10.